The highest BCUT2D eigenvalue weighted by atomic mass is 16.5. The van der Waals surface area contributed by atoms with Gasteiger partial charge in [-0.1, -0.05) is 0 Å². The first-order valence-corrected chi connectivity index (χ1v) is 9.82. The summed E-state index contributed by atoms with van der Waals surface area (Å²) in [4.78, 5) is 30.8. The number of hydrogen-bond acceptors (Lipinski definition) is 6. The summed E-state index contributed by atoms with van der Waals surface area (Å²) in [5, 5.41) is 0.930. The number of fused-ring (bicyclic) bond motifs is 4. The normalized spacial score (nSPS) is 27.4. The van der Waals surface area contributed by atoms with E-state index < -0.39 is 6.10 Å². The van der Waals surface area contributed by atoms with E-state index in [1.165, 1.54) is 6.92 Å². The number of carbonyl (C=O) groups excluding carboxylic acids is 2. The van der Waals surface area contributed by atoms with E-state index in [0.717, 1.165) is 48.1 Å². The van der Waals surface area contributed by atoms with Gasteiger partial charge in [-0.2, -0.15) is 0 Å². The minimum absolute atomic E-state index is 0.0649. The van der Waals surface area contributed by atoms with Gasteiger partial charge in [-0.15, -0.1) is 0 Å². The van der Waals surface area contributed by atoms with Gasteiger partial charge in [-0.25, -0.2) is 0 Å². The molecule has 0 saturated carbocycles. The molecule has 3 saturated heterocycles. The maximum absolute atomic E-state index is 12.0. The van der Waals surface area contributed by atoms with Crippen LogP contribution in [-0.4, -0.2) is 47.9 Å². The SMILES string of the molecule is COc1ccc2nccc([C@@H](OC(C)=O)[C@@H]3C[C@@H]4CCN3C[C@@H]4C(C)=O)c2c1. The molecule has 0 radical (unpaired) electrons. The average Bonchev–Trinajstić information content (AvgIpc) is 2.71. The molecule has 0 amide bonds. The number of piperidine rings is 3. The molecule has 6 heteroatoms. The van der Waals surface area contributed by atoms with Crippen molar-refractivity contribution in [1.82, 2.24) is 9.88 Å². The molecule has 1 unspecified atom stereocenters. The van der Waals surface area contributed by atoms with Crippen molar-refractivity contribution in [3.05, 3.63) is 36.0 Å². The minimum atomic E-state index is -0.397. The number of rotatable bonds is 5. The molecular weight excluding hydrogens is 356 g/mol. The van der Waals surface area contributed by atoms with Crippen LogP contribution in [-0.2, 0) is 14.3 Å². The summed E-state index contributed by atoms with van der Waals surface area (Å²) < 4.78 is 11.3. The molecule has 1 aromatic heterocycles. The molecule has 3 aliphatic heterocycles. The van der Waals surface area contributed by atoms with E-state index in [-0.39, 0.29) is 23.7 Å². The summed E-state index contributed by atoms with van der Waals surface area (Å²) in [6.45, 7) is 4.82. The fourth-order valence-electron chi connectivity index (χ4n) is 4.89. The Bertz CT molecular complexity index is 913. The van der Waals surface area contributed by atoms with Crippen molar-refractivity contribution in [3.63, 3.8) is 0 Å². The lowest BCUT2D eigenvalue weighted by Crippen LogP contribution is -2.57. The lowest BCUT2D eigenvalue weighted by Gasteiger charge is -2.51. The summed E-state index contributed by atoms with van der Waals surface area (Å²) in [6.07, 6.45) is 3.25. The van der Waals surface area contributed by atoms with Crippen molar-refractivity contribution in [2.75, 3.05) is 20.2 Å². The summed E-state index contributed by atoms with van der Waals surface area (Å²) >= 11 is 0. The standard InChI is InChI=1S/C22H26N2O4/c1-13(25)19-12-24-9-7-15(19)10-21(24)22(28-14(2)26)17-6-8-23-20-5-4-16(27-3)11-18(17)20/h4-6,8,11,15,19,21-22H,7,9-10,12H2,1-3H3/t15-,19+,21-,22+/m0/s1. The molecule has 4 heterocycles. The number of Topliss-reactive ketones (excluding diaryl/α,β-unsaturated/α-hetero) is 1. The van der Waals surface area contributed by atoms with E-state index in [2.05, 4.69) is 9.88 Å². The van der Waals surface area contributed by atoms with Crippen LogP contribution in [0.3, 0.4) is 0 Å². The van der Waals surface area contributed by atoms with Crippen molar-refractivity contribution >= 4 is 22.7 Å². The molecule has 1 aromatic carbocycles. The second-order valence-corrected chi connectivity index (χ2v) is 7.88. The number of ketones is 1. The van der Waals surface area contributed by atoms with Gasteiger partial charge in [0, 0.05) is 36.5 Å². The van der Waals surface area contributed by atoms with Crippen LogP contribution in [0, 0.1) is 11.8 Å². The minimum Gasteiger partial charge on any atom is -0.497 e. The second-order valence-electron chi connectivity index (χ2n) is 7.88. The molecular formula is C22H26N2O4. The van der Waals surface area contributed by atoms with Crippen LogP contribution < -0.4 is 4.74 Å². The smallest absolute Gasteiger partial charge is 0.303 e. The predicted octanol–water partition coefficient (Wildman–Crippen LogP) is 3.15. The molecule has 5 atom stereocenters. The summed E-state index contributed by atoms with van der Waals surface area (Å²) in [5.74, 6) is 1.15. The summed E-state index contributed by atoms with van der Waals surface area (Å²) in [6, 6.07) is 7.74. The monoisotopic (exact) mass is 382 g/mol. The Morgan fingerprint density at radius 3 is 2.71 bits per heavy atom. The zero-order chi connectivity index (χ0) is 19.8. The maximum atomic E-state index is 12.0. The first-order valence-electron chi connectivity index (χ1n) is 9.82. The van der Waals surface area contributed by atoms with Gasteiger partial charge in [-0.05, 0) is 56.5 Å². The number of carbonyl (C=O) groups is 2. The van der Waals surface area contributed by atoms with Crippen LogP contribution in [0.1, 0.15) is 38.4 Å². The fraction of sp³-hybridized carbons (Fsp3) is 0.500. The zero-order valence-electron chi connectivity index (χ0n) is 16.6. The summed E-state index contributed by atoms with van der Waals surface area (Å²) in [7, 11) is 1.63. The number of nitrogens with zero attached hydrogens (tertiary/aromatic N) is 2. The van der Waals surface area contributed by atoms with Crippen LogP contribution >= 0.6 is 0 Å². The Labute approximate surface area is 164 Å². The van der Waals surface area contributed by atoms with Crippen LogP contribution in [0.2, 0.25) is 0 Å². The number of hydrogen-bond donors (Lipinski definition) is 0. The predicted molar refractivity (Wildman–Crippen MR) is 105 cm³/mol. The first kappa shape index (κ1) is 18.9. The number of esters is 1. The van der Waals surface area contributed by atoms with Crippen molar-refractivity contribution in [3.8, 4) is 5.75 Å². The lowest BCUT2D eigenvalue weighted by atomic mass is 9.72. The molecule has 2 aromatic rings. The van der Waals surface area contributed by atoms with Crippen molar-refractivity contribution in [2.24, 2.45) is 11.8 Å². The third kappa shape index (κ3) is 3.37. The maximum Gasteiger partial charge on any atom is 0.303 e. The molecule has 6 nitrogen and oxygen atoms in total. The van der Waals surface area contributed by atoms with Gasteiger partial charge in [0.2, 0.25) is 0 Å². The highest BCUT2D eigenvalue weighted by Gasteiger charge is 2.46. The molecule has 0 N–H and O–H groups in total. The molecule has 3 fully saturated rings. The van der Waals surface area contributed by atoms with E-state index in [1.807, 2.05) is 24.3 Å². The molecule has 3 aliphatic rings. The van der Waals surface area contributed by atoms with Crippen molar-refractivity contribution < 1.29 is 19.1 Å². The van der Waals surface area contributed by atoms with E-state index in [0.29, 0.717) is 5.92 Å². The molecule has 0 aliphatic carbocycles. The van der Waals surface area contributed by atoms with Crippen LogP contribution in [0.5, 0.6) is 5.75 Å². The Hall–Kier alpha value is -2.47. The molecule has 0 spiro atoms. The summed E-state index contributed by atoms with van der Waals surface area (Å²) in [5.41, 5.74) is 1.78. The average molecular weight is 382 g/mol. The Balaban J connectivity index is 1.75. The quantitative estimate of drug-likeness (QED) is 0.740. The van der Waals surface area contributed by atoms with Gasteiger partial charge < -0.3 is 9.47 Å². The van der Waals surface area contributed by atoms with Crippen molar-refractivity contribution in [2.45, 2.75) is 38.8 Å². The molecule has 2 bridgehead atoms. The third-order valence-corrected chi connectivity index (χ3v) is 6.25. The van der Waals surface area contributed by atoms with Crippen molar-refractivity contribution in [1.29, 1.82) is 0 Å². The highest BCUT2D eigenvalue weighted by Crippen LogP contribution is 2.43. The number of methoxy groups -OCH3 is 1. The van der Waals surface area contributed by atoms with Gasteiger partial charge in [0.15, 0.2) is 0 Å². The largest absolute Gasteiger partial charge is 0.497 e. The van der Waals surface area contributed by atoms with Gasteiger partial charge in [0.05, 0.1) is 18.7 Å². The topological polar surface area (TPSA) is 68.7 Å². The highest BCUT2D eigenvalue weighted by molar-refractivity contribution is 5.84. The van der Waals surface area contributed by atoms with E-state index in [4.69, 9.17) is 9.47 Å². The number of pyridine rings is 1. The number of benzene rings is 1. The Morgan fingerprint density at radius 2 is 2.07 bits per heavy atom. The Kier molecular flexibility index (Phi) is 5.06. The van der Waals surface area contributed by atoms with Gasteiger partial charge in [0.25, 0.3) is 0 Å². The van der Waals surface area contributed by atoms with E-state index >= 15 is 0 Å². The third-order valence-electron chi connectivity index (χ3n) is 6.25. The van der Waals surface area contributed by atoms with Gasteiger partial charge in [-0.3, -0.25) is 19.5 Å². The van der Waals surface area contributed by atoms with Gasteiger partial charge in [0.1, 0.15) is 17.6 Å². The second kappa shape index (κ2) is 7.51. The zero-order valence-corrected chi connectivity index (χ0v) is 16.6. The molecule has 28 heavy (non-hydrogen) atoms. The first-order chi connectivity index (χ1) is 13.5. The Morgan fingerprint density at radius 1 is 1.25 bits per heavy atom. The van der Waals surface area contributed by atoms with Gasteiger partial charge >= 0.3 is 5.97 Å². The number of aromatic nitrogens is 1. The van der Waals surface area contributed by atoms with E-state index in [1.54, 1.807) is 20.2 Å². The van der Waals surface area contributed by atoms with Crippen LogP contribution in [0.4, 0.5) is 0 Å². The molecule has 148 valence electrons. The number of ether oxygens (including phenoxy) is 2. The van der Waals surface area contributed by atoms with Crippen LogP contribution in [0.25, 0.3) is 10.9 Å². The molecule has 5 rings (SSSR count). The fourth-order valence-corrected chi connectivity index (χ4v) is 4.89. The lowest BCUT2D eigenvalue weighted by molar-refractivity contribution is -0.157. The van der Waals surface area contributed by atoms with Crippen LogP contribution in [0.15, 0.2) is 30.5 Å². The van der Waals surface area contributed by atoms with E-state index in [9.17, 15) is 9.59 Å².